The van der Waals surface area contributed by atoms with Gasteiger partial charge in [-0.1, -0.05) is 49.2 Å². The molecule has 0 fully saturated rings. The number of nitrogens with zero attached hydrogens (tertiary/aromatic N) is 1. The maximum absolute atomic E-state index is 11.1. The second-order valence-electron chi connectivity index (χ2n) is 6.91. The van der Waals surface area contributed by atoms with Gasteiger partial charge in [-0.05, 0) is 48.3 Å². The zero-order valence-corrected chi connectivity index (χ0v) is 23.4. The molecule has 0 bridgehead atoms. The van der Waals surface area contributed by atoms with Crippen molar-refractivity contribution in [1.82, 2.24) is 4.90 Å². The number of hydrogen-bond donors (Lipinski definition) is 3. The zero-order valence-electron chi connectivity index (χ0n) is 20.1. The van der Waals surface area contributed by atoms with Gasteiger partial charge >= 0.3 is 0 Å². The molecule has 0 saturated heterocycles. The summed E-state index contributed by atoms with van der Waals surface area (Å²) >= 11 is 0. The standard InChI is InChI=1S/C8H10.C7H17NO4S2.C6H14O3S2/c1-7-3-5-8(2)6-4-7;1-2-14(11,12)13-7-8(3-5-9)4-6-10;1-2-11(8,9)10-6-4-3-5-7/h3-6H,1-2H3;9-10H,2-7H2,1H3;7H,2-6H2,1H3. The average molecular weight is 548 g/mol. The minimum atomic E-state index is -3.04. The van der Waals surface area contributed by atoms with Gasteiger partial charge in [0.2, 0.25) is 17.7 Å². The molecule has 0 aliphatic heterocycles. The first-order valence-corrected chi connectivity index (χ1v) is 17.1. The number of unbranched alkanes of at least 4 members (excludes halogenated alkanes) is 1. The number of aliphatic hydroxyl groups is 3. The summed E-state index contributed by atoms with van der Waals surface area (Å²) < 4.78 is 44.0. The Hall–Kier alpha value is -0.340. The van der Waals surface area contributed by atoms with E-state index in [1.807, 2.05) is 0 Å². The van der Waals surface area contributed by atoms with E-state index in [1.165, 1.54) is 11.1 Å². The molecule has 1 aromatic carbocycles. The van der Waals surface area contributed by atoms with Gasteiger partial charge in [0.15, 0.2) is 0 Å². The lowest BCUT2D eigenvalue weighted by Crippen LogP contribution is -2.30. The number of hydrogen-bond acceptors (Lipinski definition) is 10. The smallest absolute Gasteiger partial charge is 0.202 e. The quantitative estimate of drug-likeness (QED) is 0.181. The van der Waals surface area contributed by atoms with E-state index in [2.05, 4.69) is 38.1 Å². The Balaban J connectivity index is 0. The molecule has 3 N–H and O–H groups in total. The van der Waals surface area contributed by atoms with Gasteiger partial charge < -0.3 is 15.3 Å². The van der Waals surface area contributed by atoms with Crippen LogP contribution in [0, 0.1) is 13.8 Å². The first-order chi connectivity index (χ1) is 15.5. The molecule has 12 heteroatoms. The molecule has 0 aromatic heterocycles. The third-order valence-corrected chi connectivity index (χ3v) is 11.4. The Kier molecular flexibility index (Phi) is 22.1. The lowest BCUT2D eigenvalue weighted by Gasteiger charge is -2.18. The van der Waals surface area contributed by atoms with Crippen molar-refractivity contribution in [2.75, 3.05) is 56.0 Å². The van der Waals surface area contributed by atoms with Crippen LogP contribution in [0.4, 0.5) is 0 Å². The summed E-state index contributed by atoms with van der Waals surface area (Å²) in [4.78, 5) is 1.69. The molecule has 0 spiro atoms. The van der Waals surface area contributed by atoms with Gasteiger partial charge in [0, 0.05) is 25.4 Å². The van der Waals surface area contributed by atoms with E-state index in [9.17, 15) is 16.8 Å². The number of rotatable bonds is 14. The van der Waals surface area contributed by atoms with Gasteiger partial charge in [0.25, 0.3) is 0 Å². The SMILES string of the molecule is CCS(=O)(=O)SCCCCO.CCS(=O)(=O)SCN(CCO)CCO.Cc1ccc(C)cc1. The van der Waals surface area contributed by atoms with Crippen molar-refractivity contribution in [2.24, 2.45) is 0 Å². The van der Waals surface area contributed by atoms with Crippen molar-refractivity contribution in [3.8, 4) is 0 Å². The number of aryl methyl sites for hydroxylation is 2. The second kappa shape index (κ2) is 21.0. The summed E-state index contributed by atoms with van der Waals surface area (Å²) in [5.74, 6) is 1.18. The van der Waals surface area contributed by atoms with E-state index in [4.69, 9.17) is 15.3 Å². The molecule has 0 aliphatic carbocycles. The molecule has 0 atom stereocenters. The van der Waals surface area contributed by atoms with Crippen LogP contribution < -0.4 is 0 Å². The average Bonchev–Trinajstić information content (AvgIpc) is 2.78. The minimum Gasteiger partial charge on any atom is -0.396 e. The van der Waals surface area contributed by atoms with Crippen LogP contribution in [0.3, 0.4) is 0 Å². The van der Waals surface area contributed by atoms with E-state index in [-0.39, 0.29) is 37.2 Å². The van der Waals surface area contributed by atoms with Crippen LogP contribution >= 0.6 is 21.6 Å². The van der Waals surface area contributed by atoms with Crippen LogP contribution in [0.15, 0.2) is 24.3 Å². The van der Waals surface area contributed by atoms with Crippen molar-refractivity contribution >= 4 is 39.3 Å². The van der Waals surface area contributed by atoms with Gasteiger partial charge in [-0.2, -0.15) is 0 Å². The molecule has 0 aliphatic rings. The summed E-state index contributed by atoms with van der Waals surface area (Å²) in [7, 11) is -4.08. The highest BCUT2D eigenvalue weighted by atomic mass is 33.1. The van der Waals surface area contributed by atoms with Crippen LogP contribution in [-0.2, 0) is 17.7 Å². The predicted octanol–water partition coefficient (Wildman–Crippen LogP) is 2.46. The molecule has 0 radical (unpaired) electrons. The van der Waals surface area contributed by atoms with Gasteiger partial charge in [0.05, 0.1) is 30.6 Å². The van der Waals surface area contributed by atoms with E-state index in [0.29, 0.717) is 25.3 Å². The Labute approximate surface area is 207 Å². The molecule has 196 valence electrons. The van der Waals surface area contributed by atoms with E-state index in [0.717, 1.165) is 28.0 Å². The van der Waals surface area contributed by atoms with Crippen molar-refractivity contribution in [2.45, 2.75) is 40.5 Å². The molecule has 1 rings (SSSR count). The Morgan fingerprint density at radius 1 is 0.727 bits per heavy atom. The molecule has 0 heterocycles. The molecular weight excluding hydrogens is 506 g/mol. The maximum Gasteiger partial charge on any atom is 0.202 e. The first-order valence-electron chi connectivity index (χ1n) is 10.8. The number of benzene rings is 1. The zero-order chi connectivity index (χ0) is 25.8. The Morgan fingerprint density at radius 2 is 1.15 bits per heavy atom. The van der Waals surface area contributed by atoms with Crippen molar-refractivity contribution in [3.05, 3.63) is 35.4 Å². The Bertz CT molecular complexity index is 758. The van der Waals surface area contributed by atoms with Gasteiger partial charge in [0.1, 0.15) is 0 Å². The highest BCUT2D eigenvalue weighted by Crippen LogP contribution is 2.14. The monoisotopic (exact) mass is 547 g/mol. The van der Waals surface area contributed by atoms with Crippen LogP contribution in [0.2, 0.25) is 0 Å². The summed E-state index contributed by atoms with van der Waals surface area (Å²) in [6, 6.07) is 8.48. The minimum absolute atomic E-state index is 0.0350. The third kappa shape index (κ3) is 23.2. The van der Waals surface area contributed by atoms with Crippen molar-refractivity contribution < 1.29 is 32.2 Å². The summed E-state index contributed by atoms with van der Waals surface area (Å²) in [6.45, 7) is 8.25. The Morgan fingerprint density at radius 3 is 1.52 bits per heavy atom. The summed E-state index contributed by atoms with van der Waals surface area (Å²) in [5, 5.41) is 25.7. The predicted molar refractivity (Wildman–Crippen MR) is 142 cm³/mol. The van der Waals surface area contributed by atoms with E-state index in [1.54, 1.807) is 18.7 Å². The molecule has 8 nitrogen and oxygen atoms in total. The van der Waals surface area contributed by atoms with Crippen LogP contribution in [-0.4, -0.2) is 93.1 Å². The van der Waals surface area contributed by atoms with Gasteiger partial charge in [-0.3, -0.25) is 4.90 Å². The fourth-order valence-electron chi connectivity index (χ4n) is 1.88. The highest BCUT2D eigenvalue weighted by Gasteiger charge is 2.11. The van der Waals surface area contributed by atoms with Gasteiger partial charge in [-0.25, -0.2) is 16.8 Å². The summed E-state index contributed by atoms with van der Waals surface area (Å²) in [5.41, 5.74) is 2.66. The molecule has 0 unspecified atom stereocenters. The largest absolute Gasteiger partial charge is 0.396 e. The second-order valence-corrected chi connectivity index (χ2v) is 15.9. The van der Waals surface area contributed by atoms with Crippen molar-refractivity contribution in [3.63, 3.8) is 0 Å². The van der Waals surface area contributed by atoms with Crippen molar-refractivity contribution in [1.29, 1.82) is 0 Å². The fourth-order valence-corrected chi connectivity index (χ4v) is 6.40. The number of aliphatic hydroxyl groups excluding tert-OH is 3. The normalized spacial score (nSPS) is 11.4. The maximum atomic E-state index is 11.1. The van der Waals surface area contributed by atoms with Gasteiger partial charge in [-0.15, -0.1) is 0 Å². The van der Waals surface area contributed by atoms with Crippen LogP contribution in [0.1, 0.15) is 37.8 Å². The lowest BCUT2D eigenvalue weighted by molar-refractivity contribution is 0.179. The molecule has 33 heavy (non-hydrogen) atoms. The molecule has 1 aromatic rings. The summed E-state index contributed by atoms with van der Waals surface area (Å²) in [6.07, 6.45) is 1.45. The molecule has 0 saturated carbocycles. The third-order valence-electron chi connectivity index (χ3n) is 3.99. The van der Waals surface area contributed by atoms with E-state index < -0.39 is 17.7 Å². The van der Waals surface area contributed by atoms with Crippen LogP contribution in [0.5, 0.6) is 0 Å². The van der Waals surface area contributed by atoms with E-state index >= 15 is 0 Å². The lowest BCUT2D eigenvalue weighted by atomic mass is 10.2. The molecule has 0 amide bonds. The highest BCUT2D eigenvalue weighted by molar-refractivity contribution is 8.72. The first kappa shape index (κ1) is 34.8. The molecular formula is C21H41NO7S4. The van der Waals surface area contributed by atoms with Crippen LogP contribution in [0.25, 0.3) is 0 Å². The topological polar surface area (TPSA) is 132 Å². The fraction of sp³-hybridized carbons (Fsp3) is 0.714.